The summed E-state index contributed by atoms with van der Waals surface area (Å²) >= 11 is 5.71. The van der Waals surface area contributed by atoms with E-state index in [1.54, 1.807) is 6.07 Å². The molecule has 4 nitrogen and oxygen atoms in total. The van der Waals surface area contributed by atoms with Gasteiger partial charge >= 0.3 is 0 Å². The van der Waals surface area contributed by atoms with Crippen LogP contribution in [0.1, 0.15) is 19.8 Å². The number of aromatic nitrogens is 2. The summed E-state index contributed by atoms with van der Waals surface area (Å²) in [5.74, 6) is 1.10. The number of aliphatic hydroxyl groups excluding tert-OH is 1. The molecule has 1 heterocycles. The lowest BCUT2D eigenvalue weighted by Gasteiger charge is -2.08. The summed E-state index contributed by atoms with van der Waals surface area (Å²) < 4.78 is 0. The molecule has 5 heteroatoms. The summed E-state index contributed by atoms with van der Waals surface area (Å²) in [6.07, 6.45) is 3.44. The summed E-state index contributed by atoms with van der Waals surface area (Å²) in [7, 11) is 0. The molecular weight excluding hydrogens is 214 g/mol. The Balaban J connectivity index is 2.20. The van der Waals surface area contributed by atoms with Gasteiger partial charge in [-0.25, -0.2) is 9.97 Å². The predicted molar refractivity (Wildman–Crippen MR) is 61.0 cm³/mol. The van der Waals surface area contributed by atoms with E-state index in [1.807, 2.05) is 6.92 Å². The Morgan fingerprint density at radius 2 is 2.33 bits per heavy atom. The van der Waals surface area contributed by atoms with Crippen molar-refractivity contribution in [3.05, 3.63) is 17.5 Å². The molecule has 1 atom stereocenters. The summed E-state index contributed by atoms with van der Waals surface area (Å²) in [6.45, 7) is 3.11. The summed E-state index contributed by atoms with van der Waals surface area (Å²) in [4.78, 5) is 7.81. The van der Waals surface area contributed by atoms with Crippen LogP contribution in [0.5, 0.6) is 0 Å². The van der Waals surface area contributed by atoms with Gasteiger partial charge in [0.1, 0.15) is 17.3 Å². The Morgan fingerprint density at radius 1 is 1.53 bits per heavy atom. The van der Waals surface area contributed by atoms with Crippen molar-refractivity contribution in [1.82, 2.24) is 9.97 Å². The van der Waals surface area contributed by atoms with Crippen LogP contribution < -0.4 is 5.32 Å². The molecule has 1 aromatic heterocycles. The quantitative estimate of drug-likeness (QED) is 0.578. The molecule has 84 valence electrons. The van der Waals surface area contributed by atoms with Gasteiger partial charge in [0.2, 0.25) is 0 Å². The van der Waals surface area contributed by atoms with E-state index in [4.69, 9.17) is 16.7 Å². The molecule has 0 fully saturated rings. The molecule has 1 rings (SSSR count). The van der Waals surface area contributed by atoms with Crippen molar-refractivity contribution >= 4 is 17.4 Å². The SMILES string of the molecule is CC(CO)CCCNc1cc(Cl)ncn1. The topological polar surface area (TPSA) is 58.0 Å². The third-order valence-electron chi connectivity index (χ3n) is 2.13. The molecule has 0 aliphatic heterocycles. The Labute approximate surface area is 94.7 Å². The third-order valence-corrected chi connectivity index (χ3v) is 2.33. The molecule has 15 heavy (non-hydrogen) atoms. The van der Waals surface area contributed by atoms with Gasteiger partial charge in [0.15, 0.2) is 0 Å². The van der Waals surface area contributed by atoms with Crippen LogP contribution in [0.4, 0.5) is 5.82 Å². The molecule has 0 spiro atoms. The van der Waals surface area contributed by atoms with Crippen LogP contribution in [0.25, 0.3) is 0 Å². The number of rotatable bonds is 6. The zero-order valence-electron chi connectivity index (χ0n) is 8.78. The van der Waals surface area contributed by atoms with Crippen LogP contribution in [0, 0.1) is 5.92 Å². The van der Waals surface area contributed by atoms with Gasteiger partial charge in [-0.05, 0) is 18.8 Å². The fourth-order valence-electron chi connectivity index (χ4n) is 1.19. The van der Waals surface area contributed by atoms with Gasteiger partial charge in [0, 0.05) is 19.2 Å². The lowest BCUT2D eigenvalue weighted by molar-refractivity contribution is 0.229. The number of nitrogens with zero attached hydrogens (tertiary/aromatic N) is 2. The van der Waals surface area contributed by atoms with Gasteiger partial charge in [-0.1, -0.05) is 18.5 Å². The van der Waals surface area contributed by atoms with Crippen LogP contribution in [0.3, 0.4) is 0 Å². The van der Waals surface area contributed by atoms with Crippen molar-refractivity contribution in [2.75, 3.05) is 18.5 Å². The van der Waals surface area contributed by atoms with E-state index in [0.717, 1.165) is 25.2 Å². The minimum atomic E-state index is 0.249. The van der Waals surface area contributed by atoms with E-state index in [-0.39, 0.29) is 6.61 Å². The van der Waals surface area contributed by atoms with Crippen molar-refractivity contribution in [2.45, 2.75) is 19.8 Å². The smallest absolute Gasteiger partial charge is 0.134 e. The summed E-state index contributed by atoms with van der Waals surface area (Å²) in [6, 6.07) is 1.69. The fourth-order valence-corrected chi connectivity index (χ4v) is 1.34. The van der Waals surface area contributed by atoms with Crippen LogP contribution in [0.15, 0.2) is 12.4 Å². The van der Waals surface area contributed by atoms with Crippen LogP contribution in [-0.2, 0) is 0 Å². The van der Waals surface area contributed by atoms with Gasteiger partial charge in [-0.2, -0.15) is 0 Å². The zero-order chi connectivity index (χ0) is 11.1. The monoisotopic (exact) mass is 229 g/mol. The number of anilines is 1. The first kappa shape index (κ1) is 12.2. The van der Waals surface area contributed by atoms with E-state index < -0.39 is 0 Å². The Kier molecular flexibility index (Phi) is 5.36. The standard InChI is InChI=1S/C10H16ClN3O/c1-8(6-15)3-2-4-12-10-5-9(11)13-7-14-10/h5,7-8,15H,2-4,6H2,1H3,(H,12,13,14). The maximum Gasteiger partial charge on any atom is 0.134 e. The Morgan fingerprint density at radius 3 is 3.00 bits per heavy atom. The highest BCUT2D eigenvalue weighted by Gasteiger charge is 1.99. The van der Waals surface area contributed by atoms with Crippen molar-refractivity contribution in [1.29, 1.82) is 0 Å². The lowest BCUT2D eigenvalue weighted by atomic mass is 10.1. The number of hydrogen-bond donors (Lipinski definition) is 2. The first-order chi connectivity index (χ1) is 7.22. The maximum atomic E-state index is 8.83. The molecule has 0 amide bonds. The number of halogens is 1. The summed E-state index contributed by atoms with van der Waals surface area (Å²) in [5, 5.41) is 12.4. The normalized spacial score (nSPS) is 12.5. The second-order valence-corrected chi connectivity index (χ2v) is 3.97. The van der Waals surface area contributed by atoms with E-state index in [1.165, 1.54) is 6.33 Å². The number of aliphatic hydroxyl groups is 1. The average molecular weight is 230 g/mol. The van der Waals surface area contributed by atoms with Crippen LogP contribution >= 0.6 is 11.6 Å². The zero-order valence-corrected chi connectivity index (χ0v) is 9.54. The van der Waals surface area contributed by atoms with Gasteiger partial charge < -0.3 is 10.4 Å². The third kappa shape index (κ3) is 4.95. The van der Waals surface area contributed by atoms with Gasteiger partial charge in [0.25, 0.3) is 0 Å². The van der Waals surface area contributed by atoms with Gasteiger partial charge in [0.05, 0.1) is 0 Å². The molecule has 0 aliphatic carbocycles. The minimum absolute atomic E-state index is 0.249. The highest BCUT2D eigenvalue weighted by molar-refractivity contribution is 6.29. The number of hydrogen-bond acceptors (Lipinski definition) is 4. The average Bonchev–Trinajstić information content (AvgIpc) is 2.24. The van der Waals surface area contributed by atoms with E-state index in [0.29, 0.717) is 11.1 Å². The largest absolute Gasteiger partial charge is 0.396 e. The molecule has 0 bridgehead atoms. The lowest BCUT2D eigenvalue weighted by Crippen LogP contribution is -2.07. The van der Waals surface area contributed by atoms with E-state index in [9.17, 15) is 0 Å². The fraction of sp³-hybridized carbons (Fsp3) is 0.600. The molecular formula is C10H16ClN3O. The van der Waals surface area contributed by atoms with Gasteiger partial charge in [-0.3, -0.25) is 0 Å². The van der Waals surface area contributed by atoms with Crippen molar-refractivity contribution in [3.63, 3.8) is 0 Å². The molecule has 0 saturated carbocycles. The Hall–Kier alpha value is -0.870. The second-order valence-electron chi connectivity index (χ2n) is 3.58. The summed E-state index contributed by atoms with van der Waals surface area (Å²) in [5.41, 5.74) is 0. The molecule has 0 saturated heterocycles. The highest BCUT2D eigenvalue weighted by Crippen LogP contribution is 2.09. The van der Waals surface area contributed by atoms with E-state index in [2.05, 4.69) is 15.3 Å². The van der Waals surface area contributed by atoms with Crippen molar-refractivity contribution in [2.24, 2.45) is 5.92 Å². The minimum Gasteiger partial charge on any atom is -0.396 e. The number of nitrogens with one attached hydrogen (secondary N) is 1. The molecule has 0 aliphatic rings. The first-order valence-corrected chi connectivity index (χ1v) is 5.42. The Bertz CT molecular complexity index is 296. The van der Waals surface area contributed by atoms with Crippen molar-refractivity contribution in [3.8, 4) is 0 Å². The second kappa shape index (κ2) is 6.58. The molecule has 1 unspecified atom stereocenters. The van der Waals surface area contributed by atoms with Crippen LogP contribution in [0.2, 0.25) is 5.15 Å². The molecule has 0 aromatic carbocycles. The molecule has 2 N–H and O–H groups in total. The highest BCUT2D eigenvalue weighted by atomic mass is 35.5. The predicted octanol–water partition coefficient (Wildman–Crippen LogP) is 1.95. The van der Waals surface area contributed by atoms with Crippen molar-refractivity contribution < 1.29 is 5.11 Å². The van der Waals surface area contributed by atoms with E-state index >= 15 is 0 Å². The van der Waals surface area contributed by atoms with Gasteiger partial charge in [-0.15, -0.1) is 0 Å². The molecule has 1 aromatic rings. The molecule has 0 radical (unpaired) electrons. The first-order valence-electron chi connectivity index (χ1n) is 5.04. The van der Waals surface area contributed by atoms with Crippen LogP contribution in [-0.4, -0.2) is 28.2 Å². The maximum absolute atomic E-state index is 8.83.